The maximum atomic E-state index is 14.8. The number of aliphatic hydroxyl groups is 1. The number of hydrogen-bond donors (Lipinski definition) is 2. The summed E-state index contributed by atoms with van der Waals surface area (Å²) in [6.07, 6.45) is 2.43. The molecule has 0 saturated carbocycles. The van der Waals surface area contributed by atoms with Crippen molar-refractivity contribution in [3.05, 3.63) is 102 Å². The molecule has 11 heteroatoms. The van der Waals surface area contributed by atoms with Crippen molar-refractivity contribution in [2.75, 3.05) is 23.0 Å². The fourth-order valence-electron chi connectivity index (χ4n) is 7.75. The lowest BCUT2D eigenvalue weighted by Crippen LogP contribution is -2.45. The first-order valence-electron chi connectivity index (χ1n) is 15.9. The van der Waals surface area contributed by atoms with Crippen LogP contribution in [-0.2, 0) is 26.5 Å². The number of benzene rings is 3. The predicted molar refractivity (Wildman–Crippen MR) is 176 cm³/mol. The van der Waals surface area contributed by atoms with Crippen LogP contribution in [0.25, 0.3) is 0 Å². The van der Waals surface area contributed by atoms with Crippen molar-refractivity contribution in [2.45, 2.75) is 62.6 Å². The van der Waals surface area contributed by atoms with Gasteiger partial charge in [-0.15, -0.1) is 5.10 Å². The third-order valence-corrected chi connectivity index (χ3v) is 12.5. The first-order chi connectivity index (χ1) is 22.1. The van der Waals surface area contributed by atoms with E-state index in [9.17, 15) is 19.5 Å². The minimum atomic E-state index is -2.88. The SMILES string of the molecule is C[C@H]1[C@H]([Si](C)(C)O)[C@@H](CCn2cc(C(CO)c3ccccc3)nn2)O[C@]12C(=O)N(c1ccccc1)c1ccc(N3CCC3=O)cc12. The van der Waals surface area contributed by atoms with Gasteiger partial charge in [-0.3, -0.25) is 19.2 Å². The molecule has 1 unspecified atom stereocenters. The molecular formula is C35H39N5O5Si. The van der Waals surface area contributed by atoms with Gasteiger partial charge in [-0.2, -0.15) is 0 Å². The number of nitrogens with zero attached hydrogens (tertiary/aromatic N) is 5. The highest BCUT2D eigenvalue weighted by atomic mass is 28.4. The molecule has 3 aromatic carbocycles. The maximum Gasteiger partial charge on any atom is 0.268 e. The summed E-state index contributed by atoms with van der Waals surface area (Å²) < 4.78 is 8.76. The van der Waals surface area contributed by atoms with Gasteiger partial charge in [0, 0.05) is 54.1 Å². The van der Waals surface area contributed by atoms with Crippen LogP contribution >= 0.6 is 0 Å². The first-order valence-corrected chi connectivity index (χ1v) is 19.0. The van der Waals surface area contributed by atoms with Gasteiger partial charge in [-0.1, -0.05) is 60.7 Å². The number of anilines is 3. The van der Waals surface area contributed by atoms with Crippen molar-refractivity contribution in [3.8, 4) is 0 Å². The third kappa shape index (κ3) is 4.89. The van der Waals surface area contributed by atoms with Crippen LogP contribution in [0.15, 0.2) is 85.1 Å². The van der Waals surface area contributed by atoms with Crippen molar-refractivity contribution >= 4 is 37.2 Å². The summed E-state index contributed by atoms with van der Waals surface area (Å²) in [5, 5.41) is 18.9. The van der Waals surface area contributed by atoms with Crippen LogP contribution in [0.3, 0.4) is 0 Å². The summed E-state index contributed by atoms with van der Waals surface area (Å²) in [4.78, 5) is 42.3. The molecule has 46 heavy (non-hydrogen) atoms. The van der Waals surface area contributed by atoms with E-state index in [1.54, 1.807) is 14.5 Å². The summed E-state index contributed by atoms with van der Waals surface area (Å²) in [6.45, 7) is 6.85. The van der Waals surface area contributed by atoms with Gasteiger partial charge >= 0.3 is 0 Å². The lowest BCUT2D eigenvalue weighted by Gasteiger charge is -2.33. The molecule has 2 amide bonds. The summed E-state index contributed by atoms with van der Waals surface area (Å²) >= 11 is 0. The monoisotopic (exact) mass is 637 g/mol. The number of amides is 2. The van der Waals surface area contributed by atoms with E-state index in [1.807, 2.05) is 105 Å². The molecule has 7 rings (SSSR count). The van der Waals surface area contributed by atoms with Gasteiger partial charge in [0.15, 0.2) is 13.9 Å². The van der Waals surface area contributed by atoms with Crippen molar-refractivity contribution in [3.63, 3.8) is 0 Å². The van der Waals surface area contributed by atoms with Crippen LogP contribution in [0, 0.1) is 5.92 Å². The summed E-state index contributed by atoms with van der Waals surface area (Å²) in [6, 6.07) is 25.0. The van der Waals surface area contributed by atoms with E-state index in [0.29, 0.717) is 31.6 Å². The molecule has 4 heterocycles. The van der Waals surface area contributed by atoms with Gasteiger partial charge in [-0.05, 0) is 55.4 Å². The Kier molecular flexibility index (Phi) is 7.67. The molecule has 1 aromatic heterocycles. The van der Waals surface area contributed by atoms with Gasteiger partial charge in [-0.25, -0.2) is 0 Å². The molecule has 10 nitrogen and oxygen atoms in total. The molecule has 238 valence electrons. The molecule has 3 aliphatic heterocycles. The Labute approximate surface area is 269 Å². The first kappa shape index (κ1) is 30.5. The Hall–Kier alpha value is -4.16. The van der Waals surface area contributed by atoms with E-state index in [1.165, 1.54) is 0 Å². The average Bonchev–Trinajstić information content (AvgIpc) is 3.70. The van der Waals surface area contributed by atoms with Crippen molar-refractivity contribution in [1.82, 2.24) is 15.0 Å². The molecule has 4 aromatic rings. The fraction of sp³-hybridized carbons (Fsp3) is 0.371. The fourth-order valence-corrected chi connectivity index (χ4v) is 10.3. The Morgan fingerprint density at radius 1 is 1.02 bits per heavy atom. The highest BCUT2D eigenvalue weighted by Crippen LogP contribution is 2.61. The number of aliphatic hydroxyl groups excluding tert-OH is 1. The van der Waals surface area contributed by atoms with E-state index in [0.717, 1.165) is 28.2 Å². The van der Waals surface area contributed by atoms with E-state index in [-0.39, 0.29) is 35.8 Å². The zero-order chi connectivity index (χ0) is 32.2. The van der Waals surface area contributed by atoms with Crippen molar-refractivity contribution in [1.29, 1.82) is 0 Å². The number of fused-ring (bicyclic) bond motifs is 2. The number of β-lactam (4-membered cyclic amide) rings is 1. The molecule has 5 atom stereocenters. The Morgan fingerprint density at radius 3 is 2.37 bits per heavy atom. The van der Waals surface area contributed by atoms with Gasteiger partial charge in [0.25, 0.3) is 5.91 Å². The number of hydrogen-bond acceptors (Lipinski definition) is 7. The number of aromatic nitrogens is 3. The Morgan fingerprint density at radius 2 is 1.74 bits per heavy atom. The summed E-state index contributed by atoms with van der Waals surface area (Å²) in [5.41, 5.74) is 2.99. The molecule has 0 aliphatic carbocycles. The predicted octanol–water partition coefficient (Wildman–Crippen LogP) is 4.71. The van der Waals surface area contributed by atoms with E-state index in [2.05, 4.69) is 10.3 Å². The van der Waals surface area contributed by atoms with E-state index < -0.39 is 20.0 Å². The molecule has 2 saturated heterocycles. The number of para-hydroxylation sites is 1. The lowest BCUT2D eigenvalue weighted by atomic mass is 9.82. The van der Waals surface area contributed by atoms with Crippen molar-refractivity contribution < 1.29 is 24.2 Å². The van der Waals surface area contributed by atoms with Crippen LogP contribution in [-0.4, -0.2) is 64.3 Å². The van der Waals surface area contributed by atoms with Gasteiger partial charge in [0.1, 0.15) is 0 Å². The largest absolute Gasteiger partial charge is 0.432 e. The van der Waals surface area contributed by atoms with Crippen LogP contribution in [0.2, 0.25) is 18.6 Å². The number of ether oxygens (including phenoxy) is 1. The standard InChI is InChI=1S/C35H39N5O5Si/c1-23-33(46(2,3)44)31(16-18-38-21-29(36-37-38)27(22-41)24-10-6-4-7-11-24)45-35(23)28-20-26(39-19-17-32(39)42)14-15-30(28)40(34(35)43)25-12-8-5-9-13-25/h4-15,20-21,23,27,31,33,41,44H,16-19,22H2,1-3H3/t23-,27?,31+,33-,35+/m0/s1. The lowest BCUT2D eigenvalue weighted by molar-refractivity contribution is -0.145. The molecule has 1 spiro atoms. The van der Waals surface area contributed by atoms with Crippen LogP contribution in [0.4, 0.5) is 17.1 Å². The van der Waals surface area contributed by atoms with Crippen LogP contribution < -0.4 is 9.80 Å². The highest BCUT2D eigenvalue weighted by molar-refractivity contribution is 6.71. The summed E-state index contributed by atoms with van der Waals surface area (Å²) in [7, 11) is -2.88. The number of aryl methyl sites for hydroxylation is 1. The van der Waals surface area contributed by atoms with Gasteiger partial charge in [0.2, 0.25) is 5.91 Å². The number of rotatable bonds is 9. The number of carbonyl (C=O) groups is 2. The normalized spacial score (nSPS) is 24.8. The minimum absolute atomic E-state index is 0.0567. The second-order valence-electron chi connectivity index (χ2n) is 13.2. The Balaban J connectivity index is 1.23. The van der Waals surface area contributed by atoms with E-state index >= 15 is 0 Å². The zero-order valence-electron chi connectivity index (χ0n) is 26.3. The van der Waals surface area contributed by atoms with Gasteiger partial charge < -0.3 is 19.5 Å². The quantitative estimate of drug-likeness (QED) is 0.202. The highest BCUT2D eigenvalue weighted by Gasteiger charge is 2.66. The second kappa shape index (κ2) is 11.6. The molecule has 2 fully saturated rings. The maximum absolute atomic E-state index is 14.8. The number of carbonyl (C=O) groups excluding carboxylic acids is 2. The van der Waals surface area contributed by atoms with Crippen LogP contribution in [0.5, 0.6) is 0 Å². The van der Waals surface area contributed by atoms with Crippen LogP contribution in [0.1, 0.15) is 42.5 Å². The minimum Gasteiger partial charge on any atom is -0.432 e. The molecule has 0 bridgehead atoms. The van der Waals surface area contributed by atoms with Crippen molar-refractivity contribution in [2.24, 2.45) is 5.92 Å². The zero-order valence-corrected chi connectivity index (χ0v) is 27.3. The average molecular weight is 638 g/mol. The Bertz CT molecular complexity index is 1760. The van der Waals surface area contributed by atoms with E-state index in [4.69, 9.17) is 4.74 Å². The molecule has 0 radical (unpaired) electrons. The third-order valence-electron chi connectivity index (χ3n) is 9.99. The topological polar surface area (TPSA) is 121 Å². The molecule has 3 aliphatic rings. The smallest absolute Gasteiger partial charge is 0.268 e. The van der Waals surface area contributed by atoms with Gasteiger partial charge in [0.05, 0.1) is 30.0 Å². The molecule has 2 N–H and O–H groups in total. The summed E-state index contributed by atoms with van der Waals surface area (Å²) in [5.74, 6) is -0.756. The molecular weight excluding hydrogens is 599 g/mol. The second-order valence-corrected chi connectivity index (χ2v) is 17.1.